The second-order valence-corrected chi connectivity index (χ2v) is 5.11. The lowest BCUT2D eigenvalue weighted by Crippen LogP contribution is -2.46. The topological polar surface area (TPSA) is 15.3 Å². The van der Waals surface area contributed by atoms with E-state index in [-0.39, 0.29) is 0 Å². The molecule has 2 heteroatoms. The van der Waals surface area contributed by atoms with E-state index >= 15 is 0 Å². The minimum Gasteiger partial charge on any atom is -0.310 e. The Hall–Kier alpha value is -0.0800. The highest BCUT2D eigenvalue weighted by Crippen LogP contribution is 2.13. The molecule has 1 N–H and O–H groups in total. The van der Waals surface area contributed by atoms with Crippen LogP contribution in [0.25, 0.3) is 0 Å². The van der Waals surface area contributed by atoms with Gasteiger partial charge in [0.1, 0.15) is 0 Å². The summed E-state index contributed by atoms with van der Waals surface area (Å²) in [5.41, 5.74) is 0.292. The summed E-state index contributed by atoms with van der Waals surface area (Å²) in [5, 5.41) is 3.62. The Labute approximate surface area is 82.7 Å². The Kier molecular flexibility index (Phi) is 3.74. The van der Waals surface area contributed by atoms with Crippen molar-refractivity contribution in [2.75, 3.05) is 26.2 Å². The van der Waals surface area contributed by atoms with E-state index in [4.69, 9.17) is 0 Å². The summed E-state index contributed by atoms with van der Waals surface area (Å²) in [4.78, 5) is 2.59. The van der Waals surface area contributed by atoms with E-state index in [0.29, 0.717) is 5.54 Å². The van der Waals surface area contributed by atoms with Crippen LogP contribution in [-0.4, -0.2) is 36.6 Å². The molecule has 1 aliphatic rings. The molecule has 1 rings (SSSR count). The molecule has 0 aromatic carbocycles. The van der Waals surface area contributed by atoms with Gasteiger partial charge < -0.3 is 10.2 Å². The van der Waals surface area contributed by atoms with Crippen LogP contribution in [0.2, 0.25) is 0 Å². The standard InChI is InChI=1S/C11H24N2/c1-5-6-13-8-10(2)7-12-11(3,4)9-13/h10,12H,5-9H2,1-4H3. The molecule has 1 heterocycles. The summed E-state index contributed by atoms with van der Waals surface area (Å²) in [6.07, 6.45) is 1.27. The van der Waals surface area contributed by atoms with Gasteiger partial charge in [0, 0.05) is 18.6 Å². The molecule has 1 atom stereocenters. The van der Waals surface area contributed by atoms with Gasteiger partial charge in [0.05, 0.1) is 0 Å². The van der Waals surface area contributed by atoms with Gasteiger partial charge in [-0.1, -0.05) is 13.8 Å². The molecule has 0 radical (unpaired) electrons. The van der Waals surface area contributed by atoms with E-state index in [1.807, 2.05) is 0 Å². The van der Waals surface area contributed by atoms with Gasteiger partial charge >= 0.3 is 0 Å². The number of nitrogens with one attached hydrogen (secondary N) is 1. The second kappa shape index (κ2) is 4.43. The maximum Gasteiger partial charge on any atom is 0.0252 e. The first-order valence-electron chi connectivity index (χ1n) is 5.51. The highest BCUT2D eigenvalue weighted by atomic mass is 15.2. The fraction of sp³-hybridized carbons (Fsp3) is 1.00. The molecule has 0 amide bonds. The molecule has 1 saturated heterocycles. The number of nitrogens with zero attached hydrogens (tertiary/aromatic N) is 1. The average Bonchev–Trinajstić information content (AvgIpc) is 2.11. The van der Waals surface area contributed by atoms with E-state index in [1.54, 1.807) is 0 Å². The molecule has 1 unspecified atom stereocenters. The lowest BCUT2D eigenvalue weighted by Gasteiger charge is -2.29. The summed E-state index contributed by atoms with van der Waals surface area (Å²) < 4.78 is 0. The van der Waals surface area contributed by atoms with Crippen molar-refractivity contribution in [2.45, 2.75) is 39.7 Å². The Morgan fingerprint density at radius 1 is 1.46 bits per heavy atom. The van der Waals surface area contributed by atoms with Crippen LogP contribution in [0.1, 0.15) is 34.1 Å². The Bertz CT molecular complexity index is 154. The van der Waals surface area contributed by atoms with Gasteiger partial charge in [-0.05, 0) is 39.3 Å². The van der Waals surface area contributed by atoms with Crippen molar-refractivity contribution in [2.24, 2.45) is 5.92 Å². The van der Waals surface area contributed by atoms with Gasteiger partial charge in [-0.15, -0.1) is 0 Å². The van der Waals surface area contributed by atoms with Crippen molar-refractivity contribution in [3.05, 3.63) is 0 Å². The molecule has 0 saturated carbocycles. The summed E-state index contributed by atoms with van der Waals surface area (Å²) in [5.74, 6) is 0.785. The van der Waals surface area contributed by atoms with Crippen molar-refractivity contribution in [3.63, 3.8) is 0 Å². The Morgan fingerprint density at radius 3 is 2.77 bits per heavy atom. The smallest absolute Gasteiger partial charge is 0.0252 e. The van der Waals surface area contributed by atoms with E-state index in [1.165, 1.54) is 26.1 Å². The number of rotatable bonds is 2. The Morgan fingerprint density at radius 2 is 2.15 bits per heavy atom. The highest BCUT2D eigenvalue weighted by molar-refractivity contribution is 4.86. The largest absolute Gasteiger partial charge is 0.310 e. The van der Waals surface area contributed by atoms with Crippen LogP contribution < -0.4 is 5.32 Å². The van der Waals surface area contributed by atoms with E-state index in [0.717, 1.165) is 12.5 Å². The second-order valence-electron chi connectivity index (χ2n) is 5.11. The van der Waals surface area contributed by atoms with E-state index in [2.05, 4.69) is 37.9 Å². The zero-order chi connectivity index (χ0) is 9.90. The first kappa shape index (κ1) is 11.0. The molecule has 1 aliphatic heterocycles. The average molecular weight is 184 g/mol. The van der Waals surface area contributed by atoms with Crippen LogP contribution >= 0.6 is 0 Å². The zero-order valence-corrected chi connectivity index (χ0v) is 9.56. The van der Waals surface area contributed by atoms with Gasteiger partial charge in [-0.2, -0.15) is 0 Å². The van der Waals surface area contributed by atoms with Gasteiger partial charge in [0.15, 0.2) is 0 Å². The van der Waals surface area contributed by atoms with Gasteiger partial charge in [-0.3, -0.25) is 0 Å². The Balaban J connectivity index is 2.52. The minimum atomic E-state index is 0.292. The molecule has 13 heavy (non-hydrogen) atoms. The summed E-state index contributed by atoms with van der Waals surface area (Å²) in [7, 11) is 0. The van der Waals surface area contributed by atoms with Crippen LogP contribution in [0, 0.1) is 5.92 Å². The maximum atomic E-state index is 3.62. The first-order valence-corrected chi connectivity index (χ1v) is 5.51. The quantitative estimate of drug-likeness (QED) is 0.703. The van der Waals surface area contributed by atoms with E-state index in [9.17, 15) is 0 Å². The fourth-order valence-corrected chi connectivity index (χ4v) is 2.12. The lowest BCUT2D eigenvalue weighted by molar-refractivity contribution is 0.221. The molecule has 2 nitrogen and oxygen atoms in total. The lowest BCUT2D eigenvalue weighted by atomic mass is 10.1. The highest BCUT2D eigenvalue weighted by Gasteiger charge is 2.25. The molecule has 1 fully saturated rings. The third-order valence-electron chi connectivity index (χ3n) is 2.66. The van der Waals surface area contributed by atoms with Gasteiger partial charge in [0.2, 0.25) is 0 Å². The van der Waals surface area contributed by atoms with Crippen molar-refractivity contribution in [1.29, 1.82) is 0 Å². The fourth-order valence-electron chi connectivity index (χ4n) is 2.12. The monoisotopic (exact) mass is 184 g/mol. The maximum absolute atomic E-state index is 3.62. The summed E-state index contributed by atoms with van der Waals surface area (Å²) >= 11 is 0. The molecule has 0 aliphatic carbocycles. The SMILES string of the molecule is CCCN1CC(C)CNC(C)(C)C1. The summed E-state index contributed by atoms with van der Waals surface area (Å²) in [6.45, 7) is 14.0. The molecular formula is C11H24N2. The van der Waals surface area contributed by atoms with Crippen LogP contribution in [0.15, 0.2) is 0 Å². The van der Waals surface area contributed by atoms with Crippen molar-refractivity contribution >= 4 is 0 Å². The van der Waals surface area contributed by atoms with Gasteiger partial charge in [-0.25, -0.2) is 0 Å². The summed E-state index contributed by atoms with van der Waals surface area (Å²) in [6, 6.07) is 0. The third kappa shape index (κ3) is 3.65. The number of hydrogen-bond donors (Lipinski definition) is 1. The number of hydrogen-bond acceptors (Lipinski definition) is 2. The zero-order valence-electron chi connectivity index (χ0n) is 9.56. The molecular weight excluding hydrogens is 160 g/mol. The predicted molar refractivity (Wildman–Crippen MR) is 58.0 cm³/mol. The van der Waals surface area contributed by atoms with E-state index < -0.39 is 0 Å². The third-order valence-corrected chi connectivity index (χ3v) is 2.66. The van der Waals surface area contributed by atoms with Crippen LogP contribution in [0.4, 0.5) is 0 Å². The van der Waals surface area contributed by atoms with Gasteiger partial charge in [0.25, 0.3) is 0 Å². The van der Waals surface area contributed by atoms with Crippen molar-refractivity contribution in [3.8, 4) is 0 Å². The molecule has 0 aromatic heterocycles. The van der Waals surface area contributed by atoms with Crippen LogP contribution in [0.5, 0.6) is 0 Å². The molecule has 0 bridgehead atoms. The van der Waals surface area contributed by atoms with Crippen LogP contribution in [-0.2, 0) is 0 Å². The molecule has 78 valence electrons. The first-order chi connectivity index (χ1) is 6.03. The minimum absolute atomic E-state index is 0.292. The molecule has 0 spiro atoms. The normalized spacial score (nSPS) is 30.0. The van der Waals surface area contributed by atoms with Crippen molar-refractivity contribution in [1.82, 2.24) is 10.2 Å². The molecule has 0 aromatic rings. The predicted octanol–water partition coefficient (Wildman–Crippen LogP) is 1.72. The van der Waals surface area contributed by atoms with Crippen molar-refractivity contribution < 1.29 is 0 Å². The van der Waals surface area contributed by atoms with Crippen LogP contribution in [0.3, 0.4) is 0 Å².